The molecule has 6 heteroatoms. The van der Waals surface area contributed by atoms with Gasteiger partial charge in [-0.25, -0.2) is 0 Å². The van der Waals surface area contributed by atoms with Crippen molar-refractivity contribution < 1.29 is 4.79 Å². The minimum Gasteiger partial charge on any atom is -0.353 e. The molecule has 0 bridgehead atoms. The first kappa shape index (κ1) is 19.5. The van der Waals surface area contributed by atoms with Crippen LogP contribution in [-0.4, -0.2) is 15.9 Å². The molecule has 0 aliphatic rings. The third kappa shape index (κ3) is 4.29. The lowest BCUT2D eigenvalue weighted by molar-refractivity contribution is -0.116. The normalized spacial score (nSPS) is 11.0. The van der Waals surface area contributed by atoms with Gasteiger partial charge in [-0.1, -0.05) is 53.5 Å². The van der Waals surface area contributed by atoms with E-state index in [9.17, 15) is 4.79 Å². The van der Waals surface area contributed by atoms with Gasteiger partial charge in [-0.3, -0.25) is 9.78 Å². The van der Waals surface area contributed by atoms with Crippen molar-refractivity contribution in [3.63, 3.8) is 0 Å². The van der Waals surface area contributed by atoms with Crippen LogP contribution in [0.5, 0.6) is 0 Å². The standard InChI is InChI=1S/C23H19Cl2N3O/c24-17-9-6-10-18(25)23(17)28-21(29)13-5-8-16-15-7-1-2-11-19(15)27-22(16)20-12-3-4-14-26-20/h1-4,6-7,9-12,14,27H,5,8,13H2,(H,28,29). The zero-order valence-corrected chi connectivity index (χ0v) is 17.1. The molecular formula is C23H19Cl2N3O. The molecule has 0 saturated carbocycles. The molecule has 2 heterocycles. The van der Waals surface area contributed by atoms with Gasteiger partial charge in [0.1, 0.15) is 0 Å². The molecule has 2 aromatic heterocycles. The molecule has 0 aliphatic heterocycles. The highest BCUT2D eigenvalue weighted by molar-refractivity contribution is 6.39. The molecule has 0 spiro atoms. The number of benzene rings is 2. The van der Waals surface area contributed by atoms with E-state index in [0.29, 0.717) is 28.6 Å². The molecule has 0 fully saturated rings. The Bertz CT molecular complexity index is 1140. The lowest BCUT2D eigenvalue weighted by Crippen LogP contribution is -2.12. The SMILES string of the molecule is O=C(CCCc1c(-c2ccccn2)[nH]c2ccccc12)Nc1c(Cl)cccc1Cl. The first-order chi connectivity index (χ1) is 14.1. The van der Waals surface area contributed by atoms with Crippen molar-refractivity contribution in [3.05, 3.63) is 82.5 Å². The number of aromatic amines is 1. The Morgan fingerprint density at radius 2 is 1.72 bits per heavy atom. The fraction of sp³-hybridized carbons (Fsp3) is 0.130. The zero-order valence-electron chi connectivity index (χ0n) is 15.6. The number of carbonyl (C=O) groups excluding carboxylic acids is 1. The van der Waals surface area contributed by atoms with E-state index >= 15 is 0 Å². The Balaban J connectivity index is 1.50. The van der Waals surface area contributed by atoms with Crippen LogP contribution in [0.15, 0.2) is 66.9 Å². The number of nitrogens with one attached hydrogen (secondary N) is 2. The third-order valence-corrected chi connectivity index (χ3v) is 5.42. The van der Waals surface area contributed by atoms with E-state index in [1.807, 2.05) is 30.3 Å². The molecule has 4 nitrogen and oxygen atoms in total. The number of carbonyl (C=O) groups is 1. The van der Waals surface area contributed by atoms with Crippen LogP contribution in [0, 0.1) is 0 Å². The van der Waals surface area contributed by atoms with Crippen LogP contribution in [-0.2, 0) is 11.2 Å². The molecule has 0 atom stereocenters. The summed E-state index contributed by atoms with van der Waals surface area (Å²) in [7, 11) is 0. The van der Waals surface area contributed by atoms with E-state index in [1.165, 1.54) is 5.56 Å². The van der Waals surface area contributed by atoms with Gasteiger partial charge in [0.25, 0.3) is 0 Å². The Morgan fingerprint density at radius 3 is 2.48 bits per heavy atom. The van der Waals surface area contributed by atoms with Gasteiger partial charge in [-0.05, 0) is 48.7 Å². The number of aromatic nitrogens is 2. The van der Waals surface area contributed by atoms with Crippen molar-refractivity contribution in [2.45, 2.75) is 19.3 Å². The lowest BCUT2D eigenvalue weighted by Gasteiger charge is -2.09. The number of para-hydroxylation sites is 2. The second-order valence-corrected chi connectivity index (χ2v) is 7.55. The van der Waals surface area contributed by atoms with Gasteiger partial charge < -0.3 is 10.3 Å². The number of hydrogen-bond donors (Lipinski definition) is 2. The van der Waals surface area contributed by atoms with Gasteiger partial charge in [0, 0.05) is 23.5 Å². The van der Waals surface area contributed by atoms with Crippen LogP contribution < -0.4 is 5.32 Å². The van der Waals surface area contributed by atoms with Crippen LogP contribution in [0.1, 0.15) is 18.4 Å². The number of nitrogens with zero attached hydrogens (tertiary/aromatic N) is 1. The van der Waals surface area contributed by atoms with Crippen LogP contribution in [0.2, 0.25) is 10.0 Å². The molecule has 1 amide bonds. The number of amides is 1. The zero-order chi connectivity index (χ0) is 20.2. The summed E-state index contributed by atoms with van der Waals surface area (Å²) in [6, 6.07) is 19.2. The highest BCUT2D eigenvalue weighted by atomic mass is 35.5. The van der Waals surface area contributed by atoms with Crippen molar-refractivity contribution in [1.29, 1.82) is 0 Å². The first-order valence-electron chi connectivity index (χ1n) is 9.38. The Morgan fingerprint density at radius 1 is 0.966 bits per heavy atom. The molecule has 2 aromatic carbocycles. The second kappa shape index (κ2) is 8.68. The number of hydrogen-bond acceptors (Lipinski definition) is 2. The van der Waals surface area contributed by atoms with E-state index < -0.39 is 0 Å². The number of anilines is 1. The molecule has 0 aliphatic carbocycles. The summed E-state index contributed by atoms with van der Waals surface area (Å²) < 4.78 is 0. The van der Waals surface area contributed by atoms with Gasteiger partial charge in [0.15, 0.2) is 0 Å². The van der Waals surface area contributed by atoms with Crippen LogP contribution in [0.4, 0.5) is 5.69 Å². The van der Waals surface area contributed by atoms with E-state index in [4.69, 9.17) is 23.2 Å². The largest absolute Gasteiger partial charge is 0.353 e. The van der Waals surface area contributed by atoms with Crippen LogP contribution in [0.3, 0.4) is 0 Å². The number of aryl methyl sites for hydroxylation is 1. The summed E-state index contributed by atoms with van der Waals surface area (Å²) >= 11 is 12.3. The van der Waals surface area contributed by atoms with Gasteiger partial charge >= 0.3 is 0 Å². The average Bonchev–Trinajstić information content (AvgIpc) is 3.10. The van der Waals surface area contributed by atoms with E-state index in [2.05, 4.69) is 27.4 Å². The Kier molecular flexibility index (Phi) is 5.84. The molecule has 0 radical (unpaired) electrons. The number of pyridine rings is 1. The molecule has 0 unspecified atom stereocenters. The summed E-state index contributed by atoms with van der Waals surface area (Å²) in [5, 5.41) is 4.84. The third-order valence-electron chi connectivity index (χ3n) is 4.79. The van der Waals surface area contributed by atoms with E-state index in [-0.39, 0.29) is 5.91 Å². The summed E-state index contributed by atoms with van der Waals surface area (Å²) in [5.74, 6) is -0.112. The Hall–Kier alpha value is -2.82. The fourth-order valence-electron chi connectivity index (χ4n) is 3.43. The van der Waals surface area contributed by atoms with Crippen molar-refractivity contribution in [2.75, 3.05) is 5.32 Å². The molecule has 0 saturated heterocycles. The molecule has 4 rings (SSSR count). The quantitative estimate of drug-likeness (QED) is 0.371. The monoisotopic (exact) mass is 423 g/mol. The summed E-state index contributed by atoms with van der Waals surface area (Å²) in [4.78, 5) is 20.4. The van der Waals surface area contributed by atoms with Gasteiger partial charge in [-0.15, -0.1) is 0 Å². The molecular weight excluding hydrogens is 405 g/mol. The van der Waals surface area contributed by atoms with Crippen molar-refractivity contribution in [3.8, 4) is 11.4 Å². The van der Waals surface area contributed by atoms with Gasteiger partial charge in [-0.2, -0.15) is 0 Å². The van der Waals surface area contributed by atoms with Crippen molar-refractivity contribution in [2.24, 2.45) is 0 Å². The minimum atomic E-state index is -0.112. The second-order valence-electron chi connectivity index (χ2n) is 6.74. The maximum Gasteiger partial charge on any atom is 0.224 e. The maximum absolute atomic E-state index is 12.4. The number of rotatable bonds is 6. The number of H-pyrrole nitrogens is 1. The Labute approximate surface area is 178 Å². The topological polar surface area (TPSA) is 57.8 Å². The number of halogens is 2. The number of fused-ring (bicyclic) bond motifs is 1. The molecule has 29 heavy (non-hydrogen) atoms. The van der Waals surface area contributed by atoms with Crippen LogP contribution >= 0.6 is 23.2 Å². The fourth-order valence-corrected chi connectivity index (χ4v) is 3.93. The maximum atomic E-state index is 12.4. The summed E-state index contributed by atoms with van der Waals surface area (Å²) in [6.07, 6.45) is 3.59. The molecule has 146 valence electrons. The molecule has 4 aromatic rings. The van der Waals surface area contributed by atoms with E-state index in [1.54, 1.807) is 24.4 Å². The lowest BCUT2D eigenvalue weighted by atomic mass is 10.0. The minimum absolute atomic E-state index is 0.112. The smallest absolute Gasteiger partial charge is 0.224 e. The van der Waals surface area contributed by atoms with Crippen molar-refractivity contribution in [1.82, 2.24) is 9.97 Å². The molecule has 2 N–H and O–H groups in total. The predicted molar refractivity (Wildman–Crippen MR) is 120 cm³/mol. The highest BCUT2D eigenvalue weighted by Gasteiger charge is 2.15. The van der Waals surface area contributed by atoms with Crippen LogP contribution in [0.25, 0.3) is 22.3 Å². The van der Waals surface area contributed by atoms with Gasteiger partial charge in [0.05, 0.1) is 27.1 Å². The average molecular weight is 424 g/mol. The van der Waals surface area contributed by atoms with Crippen molar-refractivity contribution >= 4 is 45.7 Å². The first-order valence-corrected chi connectivity index (χ1v) is 10.1. The highest BCUT2D eigenvalue weighted by Crippen LogP contribution is 2.32. The van der Waals surface area contributed by atoms with E-state index in [0.717, 1.165) is 28.7 Å². The predicted octanol–water partition coefficient (Wildman–Crippen LogP) is 6.50. The summed E-state index contributed by atoms with van der Waals surface area (Å²) in [6.45, 7) is 0. The summed E-state index contributed by atoms with van der Waals surface area (Å²) in [5.41, 5.74) is 4.59. The van der Waals surface area contributed by atoms with Gasteiger partial charge in [0.2, 0.25) is 5.91 Å².